The van der Waals surface area contributed by atoms with Crippen molar-refractivity contribution in [1.29, 1.82) is 0 Å². The van der Waals surface area contributed by atoms with Crippen LogP contribution >= 0.6 is 0 Å². The highest BCUT2D eigenvalue weighted by molar-refractivity contribution is 5.76. The number of ether oxygens (including phenoxy) is 1. The van der Waals surface area contributed by atoms with Gasteiger partial charge in [-0.3, -0.25) is 4.79 Å². The first-order valence-corrected chi connectivity index (χ1v) is 4.27. The number of hydrogen-bond donors (Lipinski definition) is 1. The van der Waals surface area contributed by atoms with Gasteiger partial charge >= 0.3 is 0 Å². The molecule has 1 aliphatic rings. The van der Waals surface area contributed by atoms with E-state index in [1.54, 1.807) is 4.90 Å². The van der Waals surface area contributed by atoms with Crippen molar-refractivity contribution in [3.8, 4) is 0 Å². The summed E-state index contributed by atoms with van der Waals surface area (Å²) in [6, 6.07) is -0.133. The zero-order valence-corrected chi connectivity index (χ0v) is 7.32. The van der Waals surface area contributed by atoms with E-state index < -0.39 is 0 Å². The highest BCUT2D eigenvalue weighted by Gasteiger charge is 2.25. The zero-order chi connectivity index (χ0) is 8.97. The van der Waals surface area contributed by atoms with E-state index in [4.69, 9.17) is 9.84 Å². The van der Waals surface area contributed by atoms with Crippen molar-refractivity contribution in [3.05, 3.63) is 0 Å². The summed E-state index contributed by atoms with van der Waals surface area (Å²) >= 11 is 0. The third-order valence-electron chi connectivity index (χ3n) is 2.06. The number of carbonyl (C=O) groups is 1. The first-order valence-electron chi connectivity index (χ1n) is 4.27. The van der Waals surface area contributed by atoms with E-state index in [2.05, 4.69) is 0 Å². The molecule has 12 heavy (non-hydrogen) atoms. The Kier molecular flexibility index (Phi) is 3.49. The quantitative estimate of drug-likeness (QED) is 0.619. The van der Waals surface area contributed by atoms with Gasteiger partial charge in [-0.05, 0) is 0 Å². The van der Waals surface area contributed by atoms with Crippen LogP contribution in [-0.4, -0.2) is 48.3 Å². The minimum absolute atomic E-state index is 0.00819. The fourth-order valence-electron chi connectivity index (χ4n) is 1.34. The Hall–Kier alpha value is -0.610. The minimum atomic E-state index is -0.133. The Morgan fingerprint density at radius 3 is 3.08 bits per heavy atom. The number of rotatable bonds is 2. The first kappa shape index (κ1) is 9.48. The number of nitrogens with zero attached hydrogens (tertiary/aromatic N) is 1. The van der Waals surface area contributed by atoms with Gasteiger partial charge in [0.15, 0.2) is 0 Å². The molecule has 0 aromatic heterocycles. The lowest BCUT2D eigenvalue weighted by Crippen LogP contribution is -2.50. The van der Waals surface area contributed by atoms with Gasteiger partial charge in [-0.25, -0.2) is 0 Å². The van der Waals surface area contributed by atoms with Gasteiger partial charge in [0, 0.05) is 13.0 Å². The monoisotopic (exact) mass is 173 g/mol. The van der Waals surface area contributed by atoms with Gasteiger partial charge in [0.1, 0.15) is 0 Å². The summed E-state index contributed by atoms with van der Waals surface area (Å²) in [4.78, 5) is 13.0. The molecule has 0 spiro atoms. The maximum atomic E-state index is 11.3. The maximum absolute atomic E-state index is 11.3. The van der Waals surface area contributed by atoms with Crippen LogP contribution in [0.2, 0.25) is 0 Å². The van der Waals surface area contributed by atoms with Crippen LogP contribution in [0, 0.1) is 0 Å². The van der Waals surface area contributed by atoms with E-state index >= 15 is 0 Å². The second kappa shape index (κ2) is 4.42. The molecule has 0 aliphatic carbocycles. The molecule has 0 aromatic carbocycles. The fourth-order valence-corrected chi connectivity index (χ4v) is 1.34. The van der Waals surface area contributed by atoms with Crippen molar-refractivity contribution in [2.45, 2.75) is 19.4 Å². The van der Waals surface area contributed by atoms with Gasteiger partial charge in [0.2, 0.25) is 5.91 Å². The summed E-state index contributed by atoms with van der Waals surface area (Å²) in [7, 11) is 0. The molecule has 0 saturated carbocycles. The van der Waals surface area contributed by atoms with Crippen molar-refractivity contribution >= 4 is 5.91 Å². The smallest absolute Gasteiger partial charge is 0.222 e. The number of amides is 1. The van der Waals surface area contributed by atoms with Crippen molar-refractivity contribution in [2.24, 2.45) is 0 Å². The molecule has 1 N–H and O–H groups in total. The van der Waals surface area contributed by atoms with E-state index in [9.17, 15) is 4.79 Å². The Balaban J connectivity index is 2.52. The molecule has 1 rings (SSSR count). The van der Waals surface area contributed by atoms with Crippen molar-refractivity contribution in [3.63, 3.8) is 0 Å². The molecule has 0 aromatic rings. The molecule has 1 atom stereocenters. The number of aliphatic hydroxyl groups is 1. The van der Waals surface area contributed by atoms with E-state index in [1.165, 1.54) is 0 Å². The van der Waals surface area contributed by atoms with Crippen LogP contribution in [0.15, 0.2) is 0 Å². The van der Waals surface area contributed by atoms with E-state index in [0.29, 0.717) is 26.2 Å². The number of morpholine rings is 1. The lowest BCUT2D eigenvalue weighted by Gasteiger charge is -2.34. The first-order chi connectivity index (χ1) is 5.79. The number of carbonyl (C=O) groups excluding carboxylic acids is 1. The molecule has 70 valence electrons. The Morgan fingerprint density at radius 1 is 1.75 bits per heavy atom. The van der Waals surface area contributed by atoms with Crippen molar-refractivity contribution in [2.75, 3.05) is 26.4 Å². The Morgan fingerprint density at radius 2 is 2.50 bits per heavy atom. The molecule has 1 aliphatic heterocycles. The van der Waals surface area contributed by atoms with Crippen LogP contribution in [0.1, 0.15) is 13.3 Å². The van der Waals surface area contributed by atoms with Crippen LogP contribution in [0.25, 0.3) is 0 Å². The van der Waals surface area contributed by atoms with Gasteiger partial charge in [-0.2, -0.15) is 0 Å². The average Bonchev–Trinajstić information content (AvgIpc) is 2.16. The summed E-state index contributed by atoms with van der Waals surface area (Å²) in [5.74, 6) is 0.0948. The maximum Gasteiger partial charge on any atom is 0.222 e. The number of hydrogen-bond acceptors (Lipinski definition) is 3. The molecular formula is C8H15NO3. The molecule has 1 amide bonds. The summed E-state index contributed by atoms with van der Waals surface area (Å²) in [6.07, 6.45) is 0.497. The zero-order valence-electron chi connectivity index (χ0n) is 7.32. The third kappa shape index (κ3) is 1.95. The highest BCUT2D eigenvalue weighted by Crippen LogP contribution is 2.07. The van der Waals surface area contributed by atoms with Crippen LogP contribution in [0.3, 0.4) is 0 Å². The molecule has 0 bridgehead atoms. The molecule has 1 unspecified atom stereocenters. The summed E-state index contributed by atoms with van der Waals surface area (Å²) in [6.45, 7) is 3.47. The van der Waals surface area contributed by atoms with Crippen LogP contribution in [-0.2, 0) is 9.53 Å². The predicted octanol–water partition coefficient (Wildman–Crippen LogP) is -0.384. The van der Waals surface area contributed by atoms with Gasteiger partial charge in [0.05, 0.1) is 25.9 Å². The topological polar surface area (TPSA) is 49.8 Å². The van der Waals surface area contributed by atoms with E-state index in [-0.39, 0.29) is 18.6 Å². The fraction of sp³-hybridized carbons (Fsp3) is 0.875. The standard InChI is InChI=1S/C8H15NO3/c1-2-8(11)9-3-4-12-6-7(9)5-10/h7,10H,2-6H2,1H3. The summed E-state index contributed by atoms with van der Waals surface area (Å²) in [5.41, 5.74) is 0. The number of aliphatic hydroxyl groups excluding tert-OH is 1. The Labute approximate surface area is 72.1 Å². The van der Waals surface area contributed by atoms with Crippen molar-refractivity contribution in [1.82, 2.24) is 4.90 Å². The van der Waals surface area contributed by atoms with Gasteiger partial charge in [-0.15, -0.1) is 0 Å². The van der Waals surface area contributed by atoms with Crippen molar-refractivity contribution < 1.29 is 14.6 Å². The normalized spacial score (nSPS) is 24.2. The molecule has 1 fully saturated rings. The average molecular weight is 173 g/mol. The van der Waals surface area contributed by atoms with E-state index in [1.807, 2.05) is 6.92 Å². The molecule has 4 heteroatoms. The summed E-state index contributed by atoms with van der Waals surface area (Å²) < 4.78 is 5.14. The highest BCUT2D eigenvalue weighted by atomic mass is 16.5. The SMILES string of the molecule is CCC(=O)N1CCOCC1CO. The lowest BCUT2D eigenvalue weighted by molar-refractivity contribution is -0.141. The van der Waals surface area contributed by atoms with Crippen LogP contribution < -0.4 is 0 Å². The lowest BCUT2D eigenvalue weighted by atomic mass is 10.2. The molecule has 1 saturated heterocycles. The molecule has 4 nitrogen and oxygen atoms in total. The van der Waals surface area contributed by atoms with E-state index in [0.717, 1.165) is 0 Å². The molecule has 0 radical (unpaired) electrons. The van der Waals surface area contributed by atoms with Gasteiger partial charge in [-0.1, -0.05) is 6.92 Å². The van der Waals surface area contributed by atoms with Crippen LogP contribution in [0.5, 0.6) is 0 Å². The van der Waals surface area contributed by atoms with Gasteiger partial charge < -0.3 is 14.7 Å². The molecular weight excluding hydrogens is 158 g/mol. The molecule has 1 heterocycles. The minimum Gasteiger partial charge on any atom is -0.394 e. The second-order valence-electron chi connectivity index (χ2n) is 2.85. The summed E-state index contributed by atoms with van der Waals surface area (Å²) in [5, 5.41) is 8.93. The predicted molar refractivity (Wildman–Crippen MR) is 43.7 cm³/mol. The largest absolute Gasteiger partial charge is 0.394 e. The second-order valence-corrected chi connectivity index (χ2v) is 2.85. The van der Waals surface area contributed by atoms with Gasteiger partial charge in [0.25, 0.3) is 0 Å². The Bertz CT molecular complexity index is 160. The third-order valence-corrected chi connectivity index (χ3v) is 2.06. The van der Waals surface area contributed by atoms with Crippen LogP contribution in [0.4, 0.5) is 0 Å².